The molecule has 7 heteroatoms. The van der Waals surface area contributed by atoms with Crippen LogP contribution in [0.4, 0.5) is 0 Å². The van der Waals surface area contributed by atoms with Crippen LogP contribution in [0.3, 0.4) is 0 Å². The number of carbonyl (C=O) groups is 3. The first kappa shape index (κ1) is 18.0. The van der Waals surface area contributed by atoms with Gasteiger partial charge in [-0.05, 0) is 39.3 Å². The third-order valence-electron chi connectivity index (χ3n) is 5.98. The third kappa shape index (κ3) is 2.64. The minimum Gasteiger partial charge on any atom is -0.479 e. The highest BCUT2D eigenvalue weighted by Gasteiger charge is 2.59. The summed E-state index contributed by atoms with van der Waals surface area (Å²) in [4.78, 5) is 37.2. The zero-order chi connectivity index (χ0) is 19.7. The Morgan fingerprint density at radius 1 is 1.33 bits per heavy atom. The van der Waals surface area contributed by atoms with E-state index in [1.165, 1.54) is 6.08 Å². The van der Waals surface area contributed by atoms with Crippen molar-refractivity contribution in [3.63, 3.8) is 0 Å². The highest BCUT2D eigenvalue weighted by molar-refractivity contribution is 6.00. The monoisotopic (exact) mass is 374 g/mol. The molecule has 0 saturated carbocycles. The second-order valence-corrected chi connectivity index (χ2v) is 7.99. The highest BCUT2D eigenvalue weighted by atomic mass is 16.7. The molecule has 0 amide bonds. The quantitative estimate of drug-likeness (QED) is 0.413. The van der Waals surface area contributed by atoms with Gasteiger partial charge in [-0.15, -0.1) is 0 Å². The number of ketones is 1. The lowest BCUT2D eigenvalue weighted by atomic mass is 9.83. The van der Waals surface area contributed by atoms with E-state index in [9.17, 15) is 14.4 Å². The first-order valence-corrected chi connectivity index (χ1v) is 8.98. The van der Waals surface area contributed by atoms with Gasteiger partial charge in [-0.25, -0.2) is 9.59 Å². The number of carbonyl (C=O) groups excluding carboxylic acids is 3. The maximum Gasteiger partial charge on any atom is 0.341 e. The summed E-state index contributed by atoms with van der Waals surface area (Å²) in [5.41, 5.74) is -1.25. The molecule has 7 nitrogen and oxygen atoms in total. The average molecular weight is 374 g/mol. The lowest BCUT2D eigenvalue weighted by molar-refractivity contribution is -0.156. The summed E-state index contributed by atoms with van der Waals surface area (Å²) in [6.45, 7) is 10.7. The van der Waals surface area contributed by atoms with Crippen molar-refractivity contribution in [1.82, 2.24) is 0 Å². The summed E-state index contributed by atoms with van der Waals surface area (Å²) in [7, 11) is 0. The molecular weight excluding hydrogens is 352 g/mol. The van der Waals surface area contributed by atoms with E-state index in [1.807, 2.05) is 0 Å². The number of allylic oxidation sites excluding steroid dienone is 1. The van der Waals surface area contributed by atoms with Gasteiger partial charge >= 0.3 is 11.9 Å². The molecule has 0 unspecified atom stereocenters. The van der Waals surface area contributed by atoms with Crippen LogP contribution in [-0.2, 0) is 33.3 Å². The predicted octanol–water partition coefficient (Wildman–Crippen LogP) is 1.77. The van der Waals surface area contributed by atoms with Crippen LogP contribution in [0.15, 0.2) is 35.6 Å². The Morgan fingerprint density at radius 2 is 2.00 bits per heavy atom. The van der Waals surface area contributed by atoms with E-state index in [1.54, 1.807) is 33.8 Å². The van der Waals surface area contributed by atoms with Gasteiger partial charge < -0.3 is 18.9 Å². The number of fused-ring (bicyclic) bond motifs is 3. The fourth-order valence-electron chi connectivity index (χ4n) is 3.87. The molecule has 4 aliphatic rings. The van der Waals surface area contributed by atoms with Gasteiger partial charge in [0.1, 0.15) is 18.0 Å². The van der Waals surface area contributed by atoms with Crippen LogP contribution in [0.25, 0.3) is 0 Å². The number of esters is 2. The molecule has 0 aromatic rings. The van der Waals surface area contributed by atoms with Crippen molar-refractivity contribution >= 4 is 17.7 Å². The van der Waals surface area contributed by atoms with Crippen LogP contribution in [0.2, 0.25) is 0 Å². The van der Waals surface area contributed by atoms with Crippen molar-refractivity contribution in [2.24, 2.45) is 5.92 Å². The first-order chi connectivity index (χ1) is 12.5. The largest absolute Gasteiger partial charge is 0.479 e. The van der Waals surface area contributed by atoms with Crippen molar-refractivity contribution in [1.29, 1.82) is 0 Å². The van der Waals surface area contributed by atoms with Crippen molar-refractivity contribution in [2.75, 3.05) is 0 Å². The lowest BCUT2D eigenvalue weighted by Gasteiger charge is -2.29. The maximum absolute atomic E-state index is 12.6. The summed E-state index contributed by atoms with van der Waals surface area (Å²) in [5.74, 6) is -1.40. The van der Waals surface area contributed by atoms with Crippen LogP contribution in [0.5, 0.6) is 0 Å². The van der Waals surface area contributed by atoms with Gasteiger partial charge in [0.25, 0.3) is 0 Å². The van der Waals surface area contributed by atoms with E-state index in [4.69, 9.17) is 18.9 Å². The van der Waals surface area contributed by atoms with Gasteiger partial charge in [-0.1, -0.05) is 6.58 Å². The topological polar surface area (TPSA) is 91.4 Å². The molecule has 0 aromatic heterocycles. The number of ether oxygens (including phenoxy) is 4. The number of hydrogen-bond acceptors (Lipinski definition) is 7. The Hall–Kier alpha value is -2.41. The van der Waals surface area contributed by atoms with Crippen LogP contribution in [0, 0.1) is 5.92 Å². The number of epoxide rings is 1. The minimum absolute atomic E-state index is 0.153. The number of rotatable bonds is 2. The molecule has 0 aromatic carbocycles. The SMILES string of the molecule is C=C1C(=O)O[C@H]2C[C@@]3(C)OC(=CC3=O)/C(C)=C\[C@@H](OC(=O)[C@@]3(C)O[C@@H]3C)[C@H]12. The van der Waals surface area contributed by atoms with Crippen molar-refractivity contribution in [3.8, 4) is 0 Å². The van der Waals surface area contributed by atoms with Crippen LogP contribution >= 0.6 is 0 Å². The van der Waals surface area contributed by atoms with Crippen molar-refractivity contribution in [3.05, 3.63) is 35.6 Å². The van der Waals surface area contributed by atoms with E-state index in [-0.39, 0.29) is 23.9 Å². The van der Waals surface area contributed by atoms with E-state index in [2.05, 4.69) is 6.58 Å². The Labute approximate surface area is 157 Å². The summed E-state index contributed by atoms with van der Waals surface area (Å²) >= 11 is 0. The van der Waals surface area contributed by atoms with Gasteiger partial charge in [0.15, 0.2) is 11.2 Å². The molecule has 2 bridgehead atoms. The lowest BCUT2D eigenvalue weighted by Crippen LogP contribution is -2.42. The van der Waals surface area contributed by atoms with Crippen molar-refractivity contribution < 1.29 is 33.3 Å². The van der Waals surface area contributed by atoms with Gasteiger partial charge in [0, 0.05) is 18.1 Å². The molecular formula is C20H22O7. The van der Waals surface area contributed by atoms with Gasteiger partial charge in [-0.3, -0.25) is 4.79 Å². The second-order valence-electron chi connectivity index (χ2n) is 7.99. The molecule has 2 saturated heterocycles. The Kier molecular flexibility index (Phi) is 3.69. The molecule has 0 spiro atoms. The molecule has 0 aliphatic carbocycles. The predicted molar refractivity (Wildman–Crippen MR) is 92.3 cm³/mol. The first-order valence-electron chi connectivity index (χ1n) is 8.98. The molecule has 6 atom stereocenters. The Bertz CT molecular complexity index is 837. The molecule has 2 fully saturated rings. The summed E-state index contributed by atoms with van der Waals surface area (Å²) in [6, 6.07) is 0. The fraction of sp³-hybridized carbons (Fsp3) is 0.550. The molecule has 27 heavy (non-hydrogen) atoms. The van der Waals surface area contributed by atoms with Crippen LogP contribution in [-0.4, -0.2) is 47.2 Å². The standard InChI is InChI=1S/C20H22O7/c1-9-6-13(25-18(23)20(5)11(3)26-20)16-10(2)17(22)24-14(16)8-19(4)15(21)7-12(9)27-19/h6-7,11,13-14,16H,2,8H2,1,3-5H3/b9-6-/t11-,13-,14+,16+,19-,20+/m1/s1. The molecule has 4 rings (SSSR count). The zero-order valence-corrected chi connectivity index (χ0v) is 15.7. The molecule has 0 N–H and O–H groups in total. The normalized spacial score (nSPS) is 44.7. The van der Waals surface area contributed by atoms with E-state index >= 15 is 0 Å². The second kappa shape index (κ2) is 5.55. The van der Waals surface area contributed by atoms with Crippen molar-refractivity contribution in [2.45, 2.75) is 63.6 Å². The van der Waals surface area contributed by atoms with Gasteiger partial charge in [0.05, 0.1) is 12.0 Å². The smallest absolute Gasteiger partial charge is 0.341 e. The summed E-state index contributed by atoms with van der Waals surface area (Å²) in [6.07, 6.45) is 1.58. The molecule has 0 radical (unpaired) electrons. The van der Waals surface area contributed by atoms with Crippen LogP contribution in [0.1, 0.15) is 34.1 Å². The van der Waals surface area contributed by atoms with E-state index < -0.39 is 41.3 Å². The van der Waals surface area contributed by atoms with Gasteiger partial charge in [0.2, 0.25) is 5.78 Å². The summed E-state index contributed by atoms with van der Waals surface area (Å²) < 4.78 is 22.4. The third-order valence-corrected chi connectivity index (χ3v) is 5.98. The average Bonchev–Trinajstić information content (AvgIpc) is 2.94. The molecule has 4 heterocycles. The highest BCUT2D eigenvalue weighted by Crippen LogP contribution is 2.44. The van der Waals surface area contributed by atoms with E-state index in [0.717, 1.165) is 0 Å². The minimum atomic E-state index is -1.13. The van der Waals surface area contributed by atoms with E-state index in [0.29, 0.717) is 11.3 Å². The fourth-order valence-corrected chi connectivity index (χ4v) is 3.87. The molecule has 4 aliphatic heterocycles. The number of hydrogen-bond donors (Lipinski definition) is 0. The maximum atomic E-state index is 12.6. The molecule has 144 valence electrons. The van der Waals surface area contributed by atoms with Gasteiger partial charge in [-0.2, -0.15) is 0 Å². The zero-order valence-electron chi connectivity index (χ0n) is 15.7. The summed E-state index contributed by atoms with van der Waals surface area (Å²) in [5, 5.41) is 0. The van der Waals surface area contributed by atoms with Crippen LogP contribution < -0.4 is 0 Å². The Morgan fingerprint density at radius 3 is 2.63 bits per heavy atom. The Balaban J connectivity index is 1.73.